The first-order chi connectivity index (χ1) is 14.8. The van der Waals surface area contributed by atoms with Crippen LogP contribution in [0, 0.1) is 5.92 Å². The number of aliphatic carboxylic acids is 2. The maximum absolute atomic E-state index is 12.6. The highest BCUT2D eigenvalue weighted by Crippen LogP contribution is 2.27. The molecule has 1 aromatic rings. The fourth-order valence-corrected chi connectivity index (χ4v) is 3.63. The Kier molecular flexibility index (Phi) is 9.54. The van der Waals surface area contributed by atoms with Gasteiger partial charge < -0.3 is 29.3 Å². The molecule has 10 heteroatoms. The minimum atomic E-state index is -1.82. The van der Waals surface area contributed by atoms with E-state index in [-0.39, 0.29) is 5.92 Å². The molecule has 3 rings (SSSR count). The molecule has 10 nitrogen and oxygen atoms in total. The Bertz CT molecular complexity index is 744. The molecule has 0 atom stereocenters. The van der Waals surface area contributed by atoms with E-state index in [1.54, 1.807) is 14.2 Å². The Morgan fingerprint density at radius 3 is 2.13 bits per heavy atom. The Balaban J connectivity index is 0.000000501. The zero-order valence-electron chi connectivity index (χ0n) is 17.9. The predicted molar refractivity (Wildman–Crippen MR) is 110 cm³/mol. The lowest BCUT2D eigenvalue weighted by Gasteiger charge is -2.35. The van der Waals surface area contributed by atoms with Gasteiger partial charge in [-0.05, 0) is 44.1 Å². The summed E-state index contributed by atoms with van der Waals surface area (Å²) >= 11 is 0. The Morgan fingerprint density at radius 1 is 1.00 bits per heavy atom. The van der Waals surface area contributed by atoms with Crippen LogP contribution in [-0.4, -0.2) is 91.5 Å². The van der Waals surface area contributed by atoms with E-state index in [1.807, 2.05) is 23.1 Å². The maximum atomic E-state index is 12.6. The fourth-order valence-electron chi connectivity index (χ4n) is 3.63. The number of carbonyl (C=O) groups excluding carboxylic acids is 1. The zero-order chi connectivity index (χ0) is 22.8. The van der Waals surface area contributed by atoms with Crippen molar-refractivity contribution in [2.75, 3.05) is 53.6 Å². The average Bonchev–Trinajstić information content (AvgIpc) is 2.80. The summed E-state index contributed by atoms with van der Waals surface area (Å²) in [4.78, 5) is 35.2. The number of piperidine rings is 1. The lowest BCUT2D eigenvalue weighted by atomic mass is 9.94. The number of likely N-dealkylation sites (tertiary alicyclic amines) is 1. The third kappa shape index (κ3) is 7.41. The van der Waals surface area contributed by atoms with Gasteiger partial charge >= 0.3 is 11.9 Å². The van der Waals surface area contributed by atoms with Gasteiger partial charge in [0, 0.05) is 31.1 Å². The van der Waals surface area contributed by atoms with Crippen molar-refractivity contribution in [3.8, 4) is 11.5 Å². The Morgan fingerprint density at radius 2 is 1.61 bits per heavy atom. The first kappa shape index (κ1) is 24.4. The number of methoxy groups -OCH3 is 2. The van der Waals surface area contributed by atoms with Gasteiger partial charge in [0.15, 0.2) is 0 Å². The smallest absolute Gasteiger partial charge is 0.414 e. The van der Waals surface area contributed by atoms with Gasteiger partial charge in [0.1, 0.15) is 11.5 Å². The lowest BCUT2D eigenvalue weighted by Crippen LogP contribution is -2.46. The molecular formula is C21H30N2O8. The largest absolute Gasteiger partial charge is 0.497 e. The molecule has 0 saturated carbocycles. The molecule has 2 aliphatic heterocycles. The van der Waals surface area contributed by atoms with Gasteiger partial charge in [-0.2, -0.15) is 0 Å². The number of hydrogen-bond acceptors (Lipinski definition) is 7. The second kappa shape index (κ2) is 12.1. The van der Waals surface area contributed by atoms with Crippen LogP contribution >= 0.6 is 0 Å². The van der Waals surface area contributed by atoms with Gasteiger partial charge in [-0.1, -0.05) is 0 Å². The second-order valence-corrected chi connectivity index (χ2v) is 7.28. The summed E-state index contributed by atoms with van der Waals surface area (Å²) in [6.45, 7) is 5.49. The third-order valence-corrected chi connectivity index (χ3v) is 5.32. The highest BCUT2D eigenvalue weighted by atomic mass is 16.5. The molecule has 0 bridgehead atoms. The standard InChI is InChI=1S/C19H28N2O4.C2H2O4/c1-23-17-3-4-18(24-2)16(13-17)14-20-7-5-15(6-8-20)19(22)21-9-11-25-12-10-21;3-1(4)2(5)6/h3-4,13,15H,5-12,14H2,1-2H3;(H,3,4)(H,5,6). The van der Waals surface area contributed by atoms with Gasteiger partial charge in [0.05, 0.1) is 27.4 Å². The van der Waals surface area contributed by atoms with E-state index >= 15 is 0 Å². The number of amides is 1. The van der Waals surface area contributed by atoms with Gasteiger partial charge in [-0.15, -0.1) is 0 Å². The van der Waals surface area contributed by atoms with E-state index in [0.29, 0.717) is 19.1 Å². The molecule has 1 aromatic carbocycles. The second-order valence-electron chi connectivity index (χ2n) is 7.28. The van der Waals surface area contributed by atoms with Gasteiger partial charge in [0.2, 0.25) is 5.91 Å². The SMILES string of the molecule is COc1ccc(OC)c(CN2CCC(C(=O)N3CCOCC3)CC2)c1.O=C(O)C(=O)O. The minimum absolute atomic E-state index is 0.154. The lowest BCUT2D eigenvalue weighted by molar-refractivity contribution is -0.159. The van der Waals surface area contributed by atoms with Crippen LogP contribution in [0.15, 0.2) is 18.2 Å². The maximum Gasteiger partial charge on any atom is 0.414 e. The van der Waals surface area contributed by atoms with Crippen molar-refractivity contribution < 1.29 is 38.8 Å². The number of ether oxygens (including phenoxy) is 3. The van der Waals surface area contributed by atoms with Crippen molar-refractivity contribution in [2.24, 2.45) is 5.92 Å². The van der Waals surface area contributed by atoms with Crippen LogP contribution in [0.25, 0.3) is 0 Å². The number of benzene rings is 1. The molecule has 1 amide bonds. The molecule has 2 heterocycles. The number of carboxylic acid groups (broad SMARTS) is 2. The molecule has 31 heavy (non-hydrogen) atoms. The van der Waals surface area contributed by atoms with Crippen LogP contribution in [0.4, 0.5) is 0 Å². The molecule has 0 radical (unpaired) electrons. The zero-order valence-corrected chi connectivity index (χ0v) is 17.9. The van der Waals surface area contributed by atoms with Crippen molar-refractivity contribution in [3.05, 3.63) is 23.8 Å². The number of rotatable bonds is 5. The summed E-state index contributed by atoms with van der Waals surface area (Å²) in [6, 6.07) is 5.89. The van der Waals surface area contributed by atoms with Crippen LogP contribution in [0.2, 0.25) is 0 Å². The normalized spacial score (nSPS) is 17.3. The van der Waals surface area contributed by atoms with Gasteiger partial charge in [-0.25, -0.2) is 9.59 Å². The average molecular weight is 438 g/mol. The summed E-state index contributed by atoms with van der Waals surface area (Å²) in [5, 5.41) is 14.8. The number of carbonyl (C=O) groups is 3. The first-order valence-corrected chi connectivity index (χ1v) is 10.1. The molecule has 0 spiro atoms. The fraction of sp³-hybridized carbons (Fsp3) is 0.571. The highest BCUT2D eigenvalue weighted by Gasteiger charge is 2.29. The van der Waals surface area contributed by atoms with E-state index < -0.39 is 11.9 Å². The summed E-state index contributed by atoms with van der Waals surface area (Å²) < 4.78 is 16.1. The summed E-state index contributed by atoms with van der Waals surface area (Å²) in [6.07, 6.45) is 1.84. The minimum Gasteiger partial charge on any atom is -0.497 e. The summed E-state index contributed by atoms with van der Waals surface area (Å²) in [5.74, 6) is -1.46. The van der Waals surface area contributed by atoms with Crippen molar-refractivity contribution in [2.45, 2.75) is 19.4 Å². The molecule has 172 valence electrons. The molecule has 0 aliphatic carbocycles. The van der Waals surface area contributed by atoms with Crippen LogP contribution in [-0.2, 0) is 25.7 Å². The summed E-state index contributed by atoms with van der Waals surface area (Å²) in [7, 11) is 3.37. The van der Waals surface area contributed by atoms with Crippen molar-refractivity contribution in [3.63, 3.8) is 0 Å². The molecule has 2 fully saturated rings. The van der Waals surface area contributed by atoms with E-state index in [2.05, 4.69) is 4.90 Å². The van der Waals surface area contributed by atoms with Crippen LogP contribution in [0.5, 0.6) is 11.5 Å². The van der Waals surface area contributed by atoms with E-state index in [4.69, 9.17) is 34.0 Å². The highest BCUT2D eigenvalue weighted by molar-refractivity contribution is 6.27. The Hall–Kier alpha value is -2.85. The van der Waals surface area contributed by atoms with E-state index in [0.717, 1.165) is 62.6 Å². The third-order valence-electron chi connectivity index (χ3n) is 5.32. The quantitative estimate of drug-likeness (QED) is 0.646. The van der Waals surface area contributed by atoms with E-state index in [9.17, 15) is 4.79 Å². The summed E-state index contributed by atoms with van der Waals surface area (Å²) in [5.41, 5.74) is 1.12. The molecular weight excluding hydrogens is 408 g/mol. The topological polar surface area (TPSA) is 126 Å². The molecule has 0 aromatic heterocycles. The number of nitrogens with zero attached hydrogens (tertiary/aromatic N) is 2. The Labute approximate surface area is 181 Å². The van der Waals surface area contributed by atoms with Crippen molar-refractivity contribution in [1.29, 1.82) is 0 Å². The van der Waals surface area contributed by atoms with Crippen LogP contribution in [0.1, 0.15) is 18.4 Å². The van der Waals surface area contributed by atoms with Crippen LogP contribution < -0.4 is 9.47 Å². The molecule has 2 aliphatic rings. The monoisotopic (exact) mass is 438 g/mol. The van der Waals surface area contributed by atoms with Gasteiger partial charge in [-0.3, -0.25) is 9.69 Å². The number of carboxylic acids is 2. The van der Waals surface area contributed by atoms with E-state index in [1.165, 1.54) is 0 Å². The molecule has 2 saturated heterocycles. The molecule has 2 N–H and O–H groups in total. The van der Waals surface area contributed by atoms with Gasteiger partial charge in [0.25, 0.3) is 0 Å². The van der Waals surface area contributed by atoms with Crippen LogP contribution in [0.3, 0.4) is 0 Å². The molecule has 0 unspecified atom stereocenters. The number of hydrogen-bond donors (Lipinski definition) is 2. The van der Waals surface area contributed by atoms with Crippen molar-refractivity contribution >= 4 is 17.8 Å². The number of morpholine rings is 1. The first-order valence-electron chi connectivity index (χ1n) is 10.1. The van der Waals surface area contributed by atoms with Crippen molar-refractivity contribution in [1.82, 2.24) is 9.80 Å². The predicted octanol–water partition coefficient (Wildman–Crippen LogP) is 0.930.